The third-order valence-electron chi connectivity index (χ3n) is 2.49. The van der Waals surface area contributed by atoms with Crippen LogP contribution in [0, 0.1) is 17.8 Å². The van der Waals surface area contributed by atoms with Gasteiger partial charge in [-0.25, -0.2) is 0 Å². The molecule has 1 aliphatic rings. The fraction of sp³-hybridized carbons (Fsp3) is 0.750. The van der Waals surface area contributed by atoms with E-state index in [0.717, 1.165) is 25.7 Å². The van der Waals surface area contributed by atoms with E-state index in [0.29, 0.717) is 13.0 Å². The van der Waals surface area contributed by atoms with Gasteiger partial charge in [-0.1, -0.05) is 19.3 Å². The minimum atomic E-state index is -0.852. The van der Waals surface area contributed by atoms with Crippen LogP contribution in [-0.4, -0.2) is 23.8 Å². The molecule has 1 fully saturated rings. The zero-order valence-corrected chi connectivity index (χ0v) is 9.16. The smallest absolute Gasteiger partial charge is 0.312 e. The Labute approximate surface area is 90.8 Å². The number of unbranched alkanes of at least 4 members (excludes halogenated alkanes) is 2. The number of rotatable bonds is 3. The Kier molecular flexibility index (Phi) is 5.20. The summed E-state index contributed by atoms with van der Waals surface area (Å²) in [5.74, 6) is 4.87. The maximum Gasteiger partial charge on any atom is 0.312 e. The van der Waals surface area contributed by atoms with Crippen molar-refractivity contribution in [2.75, 3.05) is 6.61 Å². The molecule has 2 atom stereocenters. The van der Waals surface area contributed by atoms with E-state index in [4.69, 9.17) is 4.74 Å². The first-order chi connectivity index (χ1) is 7.25. The second kappa shape index (κ2) is 6.47. The number of carbonyl (C=O) groups is 1. The standard InChI is InChI=1S/C12H18O3/c1-2-3-4-5-8-11(13)10-7-6-9-15-12(10)14/h10-11,13H,2-4,6-7,9H2,1H3/t10-,11+/m0/s1. The van der Waals surface area contributed by atoms with Crippen molar-refractivity contribution >= 4 is 5.97 Å². The summed E-state index contributed by atoms with van der Waals surface area (Å²) < 4.78 is 4.87. The Balaban J connectivity index is 2.39. The van der Waals surface area contributed by atoms with Gasteiger partial charge >= 0.3 is 5.97 Å². The van der Waals surface area contributed by atoms with E-state index in [1.54, 1.807) is 0 Å². The molecule has 0 aromatic rings. The van der Waals surface area contributed by atoms with E-state index in [1.807, 2.05) is 0 Å². The van der Waals surface area contributed by atoms with E-state index in [2.05, 4.69) is 18.8 Å². The number of aliphatic hydroxyl groups excluding tert-OH is 1. The lowest BCUT2D eigenvalue weighted by atomic mass is 9.95. The average molecular weight is 210 g/mol. The molecule has 1 rings (SSSR count). The van der Waals surface area contributed by atoms with Gasteiger partial charge in [-0.2, -0.15) is 0 Å². The van der Waals surface area contributed by atoms with Gasteiger partial charge in [-0.3, -0.25) is 4.79 Å². The average Bonchev–Trinajstić information content (AvgIpc) is 2.25. The molecule has 84 valence electrons. The molecule has 1 N–H and O–H groups in total. The van der Waals surface area contributed by atoms with Crippen LogP contribution >= 0.6 is 0 Å². The van der Waals surface area contributed by atoms with Crippen molar-refractivity contribution in [2.45, 2.75) is 45.1 Å². The molecule has 0 bridgehead atoms. The molecule has 0 radical (unpaired) electrons. The number of aliphatic hydroxyl groups is 1. The minimum Gasteiger partial charge on any atom is -0.465 e. The normalized spacial score (nSPS) is 22.5. The van der Waals surface area contributed by atoms with Crippen LogP contribution in [-0.2, 0) is 9.53 Å². The van der Waals surface area contributed by atoms with Crippen LogP contribution in [0.5, 0.6) is 0 Å². The summed E-state index contributed by atoms with van der Waals surface area (Å²) in [7, 11) is 0. The molecule has 0 unspecified atom stereocenters. The summed E-state index contributed by atoms with van der Waals surface area (Å²) in [6.07, 6.45) is 3.57. The lowest BCUT2D eigenvalue weighted by molar-refractivity contribution is -0.156. The van der Waals surface area contributed by atoms with Crippen LogP contribution in [0.25, 0.3) is 0 Å². The van der Waals surface area contributed by atoms with Crippen molar-refractivity contribution in [2.24, 2.45) is 5.92 Å². The Morgan fingerprint density at radius 1 is 1.67 bits per heavy atom. The molecule has 0 saturated carbocycles. The number of carbonyl (C=O) groups excluding carboxylic acids is 1. The van der Waals surface area contributed by atoms with Crippen LogP contribution in [0.1, 0.15) is 39.0 Å². The van der Waals surface area contributed by atoms with Crippen LogP contribution in [0.3, 0.4) is 0 Å². The maximum absolute atomic E-state index is 11.3. The summed E-state index contributed by atoms with van der Waals surface area (Å²) in [5.41, 5.74) is 0. The van der Waals surface area contributed by atoms with Crippen molar-refractivity contribution < 1.29 is 14.6 Å². The molecule has 3 heteroatoms. The topological polar surface area (TPSA) is 46.5 Å². The molecule has 1 heterocycles. The van der Waals surface area contributed by atoms with E-state index >= 15 is 0 Å². The van der Waals surface area contributed by atoms with Crippen LogP contribution in [0.15, 0.2) is 0 Å². The number of hydrogen-bond donors (Lipinski definition) is 1. The monoisotopic (exact) mass is 210 g/mol. The van der Waals surface area contributed by atoms with Gasteiger partial charge in [0.15, 0.2) is 0 Å². The highest BCUT2D eigenvalue weighted by Crippen LogP contribution is 2.18. The van der Waals surface area contributed by atoms with Gasteiger partial charge < -0.3 is 9.84 Å². The zero-order valence-electron chi connectivity index (χ0n) is 9.16. The second-order valence-electron chi connectivity index (χ2n) is 3.79. The number of esters is 1. The maximum atomic E-state index is 11.3. The molecule has 0 aliphatic carbocycles. The van der Waals surface area contributed by atoms with Gasteiger partial charge in [0.1, 0.15) is 6.10 Å². The van der Waals surface area contributed by atoms with Crippen molar-refractivity contribution in [1.82, 2.24) is 0 Å². The molecular formula is C12H18O3. The number of hydrogen-bond acceptors (Lipinski definition) is 3. The summed E-state index contributed by atoms with van der Waals surface area (Å²) in [6.45, 7) is 2.57. The summed E-state index contributed by atoms with van der Waals surface area (Å²) in [6, 6.07) is 0. The first kappa shape index (κ1) is 12.1. The first-order valence-electron chi connectivity index (χ1n) is 5.58. The van der Waals surface area contributed by atoms with E-state index in [9.17, 15) is 9.90 Å². The van der Waals surface area contributed by atoms with Crippen molar-refractivity contribution in [3.8, 4) is 11.8 Å². The zero-order chi connectivity index (χ0) is 11.1. The van der Waals surface area contributed by atoms with Gasteiger partial charge in [0, 0.05) is 6.42 Å². The Morgan fingerprint density at radius 3 is 3.13 bits per heavy atom. The van der Waals surface area contributed by atoms with Gasteiger partial charge in [-0.05, 0) is 19.3 Å². The van der Waals surface area contributed by atoms with Gasteiger partial charge in [-0.15, -0.1) is 5.92 Å². The summed E-state index contributed by atoms with van der Waals surface area (Å²) in [5, 5.41) is 9.67. The largest absolute Gasteiger partial charge is 0.465 e. The van der Waals surface area contributed by atoms with Gasteiger partial charge in [0.2, 0.25) is 0 Å². The molecule has 0 amide bonds. The molecular weight excluding hydrogens is 192 g/mol. The van der Waals surface area contributed by atoms with Crippen molar-refractivity contribution in [3.63, 3.8) is 0 Å². The fourth-order valence-corrected chi connectivity index (χ4v) is 1.53. The van der Waals surface area contributed by atoms with Crippen LogP contribution < -0.4 is 0 Å². The van der Waals surface area contributed by atoms with Crippen LogP contribution in [0.4, 0.5) is 0 Å². The minimum absolute atomic E-state index is 0.307. The molecule has 0 aromatic carbocycles. The van der Waals surface area contributed by atoms with Gasteiger partial charge in [0.25, 0.3) is 0 Å². The third-order valence-corrected chi connectivity index (χ3v) is 2.49. The van der Waals surface area contributed by atoms with Gasteiger partial charge in [0.05, 0.1) is 12.5 Å². The van der Waals surface area contributed by atoms with Crippen LogP contribution in [0.2, 0.25) is 0 Å². The molecule has 3 nitrogen and oxygen atoms in total. The molecule has 15 heavy (non-hydrogen) atoms. The first-order valence-corrected chi connectivity index (χ1v) is 5.58. The molecule has 0 spiro atoms. The lowest BCUT2D eigenvalue weighted by Crippen LogP contribution is -2.32. The SMILES string of the molecule is CCCCC#C[C@@H](O)[C@@H]1CCCOC1=O. The Morgan fingerprint density at radius 2 is 2.47 bits per heavy atom. The third kappa shape index (κ3) is 3.93. The summed E-state index contributed by atoms with van der Waals surface area (Å²) >= 11 is 0. The highest BCUT2D eigenvalue weighted by Gasteiger charge is 2.29. The van der Waals surface area contributed by atoms with E-state index in [1.165, 1.54) is 0 Å². The predicted octanol–water partition coefficient (Wildman–Crippen LogP) is 1.49. The predicted molar refractivity (Wildman–Crippen MR) is 57.0 cm³/mol. The summed E-state index contributed by atoms with van der Waals surface area (Å²) in [4.78, 5) is 11.3. The number of ether oxygens (including phenoxy) is 1. The highest BCUT2D eigenvalue weighted by molar-refractivity contribution is 5.74. The molecule has 0 aromatic heterocycles. The second-order valence-corrected chi connectivity index (χ2v) is 3.79. The van der Waals surface area contributed by atoms with Crippen molar-refractivity contribution in [1.29, 1.82) is 0 Å². The quantitative estimate of drug-likeness (QED) is 0.436. The Hall–Kier alpha value is -1.01. The van der Waals surface area contributed by atoms with E-state index < -0.39 is 12.0 Å². The number of cyclic esters (lactones) is 1. The lowest BCUT2D eigenvalue weighted by Gasteiger charge is -2.22. The highest BCUT2D eigenvalue weighted by atomic mass is 16.5. The molecule has 1 saturated heterocycles. The van der Waals surface area contributed by atoms with E-state index in [-0.39, 0.29) is 5.97 Å². The van der Waals surface area contributed by atoms with Crippen molar-refractivity contribution in [3.05, 3.63) is 0 Å². The Bertz CT molecular complexity index is 262. The fourth-order valence-electron chi connectivity index (χ4n) is 1.53. The molecule has 1 aliphatic heterocycles.